The Labute approximate surface area is 137 Å². The minimum absolute atomic E-state index is 0.198. The average Bonchev–Trinajstić information content (AvgIpc) is 2.70. The molecule has 0 aliphatic carbocycles. The SMILES string of the molecule is CCNC(c1cc(Br)c(Cl)s1)c1cccc(Br)c1F. The summed E-state index contributed by atoms with van der Waals surface area (Å²) in [7, 11) is 0. The highest BCUT2D eigenvalue weighted by Crippen LogP contribution is 2.38. The second kappa shape index (κ2) is 6.68. The molecule has 6 heteroatoms. The van der Waals surface area contributed by atoms with E-state index in [0.29, 0.717) is 14.4 Å². The molecule has 0 saturated carbocycles. The van der Waals surface area contributed by atoms with Gasteiger partial charge in [-0.15, -0.1) is 11.3 Å². The van der Waals surface area contributed by atoms with Crippen LogP contribution in [0.5, 0.6) is 0 Å². The van der Waals surface area contributed by atoms with Crippen molar-refractivity contribution in [1.82, 2.24) is 5.32 Å². The Morgan fingerprint density at radius 3 is 2.68 bits per heavy atom. The second-order valence-electron chi connectivity index (χ2n) is 3.90. The molecule has 1 nitrogen and oxygen atoms in total. The molecule has 1 atom stereocenters. The van der Waals surface area contributed by atoms with Gasteiger partial charge in [0.15, 0.2) is 0 Å². The van der Waals surface area contributed by atoms with Gasteiger partial charge < -0.3 is 5.32 Å². The van der Waals surface area contributed by atoms with E-state index in [1.807, 2.05) is 19.1 Å². The third-order valence-corrected chi connectivity index (χ3v) is 5.80. The lowest BCUT2D eigenvalue weighted by molar-refractivity contribution is 0.559. The number of hydrogen-bond acceptors (Lipinski definition) is 2. The first-order chi connectivity index (χ1) is 9.04. The molecular weight excluding hydrogens is 416 g/mol. The van der Waals surface area contributed by atoms with Gasteiger partial charge in [-0.05, 0) is 50.5 Å². The van der Waals surface area contributed by atoms with Crippen LogP contribution >= 0.6 is 54.8 Å². The molecule has 1 unspecified atom stereocenters. The summed E-state index contributed by atoms with van der Waals surface area (Å²) in [6, 6.07) is 7.04. The van der Waals surface area contributed by atoms with Crippen LogP contribution in [-0.2, 0) is 0 Å². The summed E-state index contributed by atoms with van der Waals surface area (Å²) in [5, 5.41) is 3.29. The fourth-order valence-corrected chi connectivity index (χ4v) is 4.03. The van der Waals surface area contributed by atoms with Gasteiger partial charge in [0.25, 0.3) is 0 Å². The van der Waals surface area contributed by atoms with E-state index in [1.165, 1.54) is 11.3 Å². The highest BCUT2D eigenvalue weighted by atomic mass is 79.9. The van der Waals surface area contributed by atoms with E-state index >= 15 is 0 Å². The summed E-state index contributed by atoms with van der Waals surface area (Å²) < 4.78 is 16.2. The van der Waals surface area contributed by atoms with E-state index in [2.05, 4.69) is 37.2 Å². The highest BCUT2D eigenvalue weighted by molar-refractivity contribution is 9.10. The van der Waals surface area contributed by atoms with Crippen molar-refractivity contribution in [1.29, 1.82) is 0 Å². The first kappa shape index (κ1) is 15.4. The van der Waals surface area contributed by atoms with Crippen molar-refractivity contribution < 1.29 is 4.39 Å². The normalized spacial score (nSPS) is 12.7. The Kier molecular flexibility index (Phi) is 5.43. The third kappa shape index (κ3) is 3.39. The van der Waals surface area contributed by atoms with Crippen LogP contribution in [0.15, 0.2) is 33.2 Å². The molecule has 0 aliphatic rings. The minimum atomic E-state index is -0.242. The topological polar surface area (TPSA) is 12.0 Å². The van der Waals surface area contributed by atoms with Crippen LogP contribution in [-0.4, -0.2) is 6.54 Å². The third-order valence-electron chi connectivity index (χ3n) is 2.65. The van der Waals surface area contributed by atoms with Crippen molar-refractivity contribution in [3.8, 4) is 0 Å². The van der Waals surface area contributed by atoms with Gasteiger partial charge in [-0.3, -0.25) is 0 Å². The molecule has 0 saturated heterocycles. The molecule has 0 spiro atoms. The quantitative estimate of drug-likeness (QED) is 0.654. The molecule has 19 heavy (non-hydrogen) atoms. The van der Waals surface area contributed by atoms with Gasteiger partial charge >= 0.3 is 0 Å². The lowest BCUT2D eigenvalue weighted by atomic mass is 10.0. The maximum absolute atomic E-state index is 14.2. The minimum Gasteiger partial charge on any atom is -0.306 e. The predicted octanol–water partition coefficient (Wildman–Crippen LogP) is 5.76. The first-order valence-electron chi connectivity index (χ1n) is 5.66. The second-order valence-corrected chi connectivity index (χ2v) is 7.30. The molecule has 0 fully saturated rings. The van der Waals surface area contributed by atoms with Crippen LogP contribution in [0.3, 0.4) is 0 Å². The Balaban J connectivity index is 2.48. The fraction of sp³-hybridized carbons (Fsp3) is 0.231. The predicted molar refractivity (Wildman–Crippen MR) is 86.6 cm³/mol. The van der Waals surface area contributed by atoms with Crippen LogP contribution < -0.4 is 5.32 Å². The van der Waals surface area contributed by atoms with Gasteiger partial charge in [0, 0.05) is 14.9 Å². The molecule has 1 N–H and O–H groups in total. The summed E-state index contributed by atoms with van der Waals surface area (Å²) in [5.41, 5.74) is 0.613. The van der Waals surface area contributed by atoms with Crippen LogP contribution in [0.4, 0.5) is 4.39 Å². The number of rotatable bonds is 4. The Morgan fingerprint density at radius 1 is 1.37 bits per heavy atom. The van der Waals surface area contributed by atoms with Crippen molar-refractivity contribution in [2.24, 2.45) is 0 Å². The molecule has 0 bridgehead atoms. The molecule has 1 heterocycles. The summed E-state index contributed by atoms with van der Waals surface area (Å²) in [4.78, 5) is 0.982. The van der Waals surface area contributed by atoms with E-state index in [-0.39, 0.29) is 11.9 Å². The zero-order valence-electron chi connectivity index (χ0n) is 10.0. The molecule has 0 amide bonds. The van der Waals surface area contributed by atoms with Gasteiger partial charge in [0.1, 0.15) is 10.2 Å². The molecule has 2 rings (SSSR count). The van der Waals surface area contributed by atoms with Gasteiger partial charge in [-0.2, -0.15) is 0 Å². The number of nitrogens with one attached hydrogen (secondary N) is 1. The number of benzene rings is 1. The first-order valence-corrected chi connectivity index (χ1v) is 8.44. The molecule has 1 aromatic carbocycles. The Morgan fingerprint density at radius 2 is 2.11 bits per heavy atom. The molecule has 2 aromatic rings. The summed E-state index contributed by atoms with van der Waals surface area (Å²) in [6.45, 7) is 2.73. The molecule has 1 aromatic heterocycles. The van der Waals surface area contributed by atoms with Gasteiger partial charge in [0.05, 0.1) is 10.5 Å². The van der Waals surface area contributed by atoms with Crippen LogP contribution in [0, 0.1) is 5.82 Å². The Hall–Kier alpha value is 0.0600. The monoisotopic (exact) mass is 425 g/mol. The molecule has 0 aliphatic heterocycles. The number of halogens is 4. The standard InChI is InChI=1S/C13H11Br2ClFNS/c1-2-18-12(10-6-9(15)13(16)19-10)7-4-3-5-8(14)11(7)17/h3-6,12,18H,2H2,1H3. The van der Waals surface area contributed by atoms with Gasteiger partial charge in [-0.25, -0.2) is 4.39 Å². The van der Waals surface area contributed by atoms with Gasteiger partial charge in [-0.1, -0.05) is 30.7 Å². The number of hydrogen-bond donors (Lipinski definition) is 1. The lowest BCUT2D eigenvalue weighted by Gasteiger charge is -2.18. The van der Waals surface area contributed by atoms with E-state index in [1.54, 1.807) is 12.1 Å². The number of thiophene rings is 1. The summed E-state index contributed by atoms with van der Waals surface area (Å²) in [6.07, 6.45) is 0. The van der Waals surface area contributed by atoms with Crippen molar-refractivity contribution in [2.45, 2.75) is 13.0 Å². The lowest BCUT2D eigenvalue weighted by Crippen LogP contribution is -2.22. The highest BCUT2D eigenvalue weighted by Gasteiger charge is 2.21. The average molecular weight is 428 g/mol. The Bertz CT molecular complexity index is 569. The van der Waals surface area contributed by atoms with Crippen molar-refractivity contribution in [3.05, 3.63) is 53.8 Å². The van der Waals surface area contributed by atoms with E-state index < -0.39 is 0 Å². The molecule has 102 valence electrons. The van der Waals surface area contributed by atoms with E-state index in [9.17, 15) is 4.39 Å². The summed E-state index contributed by atoms with van der Waals surface area (Å²) >= 11 is 14.1. The van der Waals surface area contributed by atoms with E-state index in [4.69, 9.17) is 11.6 Å². The zero-order chi connectivity index (χ0) is 14.0. The maximum Gasteiger partial charge on any atom is 0.142 e. The van der Waals surface area contributed by atoms with Crippen molar-refractivity contribution >= 4 is 54.8 Å². The van der Waals surface area contributed by atoms with E-state index in [0.717, 1.165) is 15.9 Å². The van der Waals surface area contributed by atoms with Crippen molar-refractivity contribution in [3.63, 3.8) is 0 Å². The smallest absolute Gasteiger partial charge is 0.142 e. The fourth-order valence-electron chi connectivity index (χ4n) is 1.82. The largest absolute Gasteiger partial charge is 0.306 e. The van der Waals surface area contributed by atoms with Crippen LogP contribution in [0.1, 0.15) is 23.4 Å². The van der Waals surface area contributed by atoms with Crippen molar-refractivity contribution in [2.75, 3.05) is 6.54 Å². The molecule has 0 radical (unpaired) electrons. The maximum atomic E-state index is 14.2. The summed E-state index contributed by atoms with van der Waals surface area (Å²) in [5.74, 6) is -0.242. The van der Waals surface area contributed by atoms with Crippen LogP contribution in [0.2, 0.25) is 4.34 Å². The van der Waals surface area contributed by atoms with Gasteiger partial charge in [0.2, 0.25) is 0 Å². The van der Waals surface area contributed by atoms with Crippen LogP contribution in [0.25, 0.3) is 0 Å². The molecular formula is C13H11Br2ClFNS. The zero-order valence-corrected chi connectivity index (χ0v) is 14.8.